The number of carbonyl (C=O) groups is 1. The van der Waals surface area contributed by atoms with Crippen molar-refractivity contribution in [2.75, 3.05) is 5.75 Å². The number of rotatable bonds is 12. The third-order valence-electron chi connectivity index (χ3n) is 5.34. The quantitative estimate of drug-likeness (QED) is 0.198. The number of amides is 1. The molecule has 8 nitrogen and oxygen atoms in total. The van der Waals surface area contributed by atoms with Crippen molar-refractivity contribution in [1.82, 2.24) is 5.06 Å². The lowest BCUT2D eigenvalue weighted by atomic mass is 10.0. The van der Waals surface area contributed by atoms with E-state index in [1.165, 1.54) is 36.4 Å². The summed E-state index contributed by atoms with van der Waals surface area (Å²) in [5.74, 6) is -0.494. The number of ether oxygens (including phenoxy) is 2. The molecule has 37 heavy (non-hydrogen) atoms. The molecule has 0 aliphatic carbocycles. The molecule has 0 aliphatic rings. The number of aryl methyl sites for hydroxylation is 1. The Morgan fingerprint density at radius 2 is 1.38 bits per heavy atom. The second kappa shape index (κ2) is 12.1. The number of alkyl halides is 3. The van der Waals surface area contributed by atoms with Crippen LogP contribution in [0.4, 0.5) is 13.2 Å². The Morgan fingerprint density at radius 1 is 0.865 bits per heavy atom. The number of hydrogen-bond acceptors (Lipinski definition) is 7. The topological polar surface area (TPSA) is 113 Å². The van der Waals surface area contributed by atoms with Crippen molar-refractivity contribution >= 4 is 16.2 Å². The Morgan fingerprint density at radius 3 is 1.89 bits per heavy atom. The van der Waals surface area contributed by atoms with Gasteiger partial charge in [-0.1, -0.05) is 24.3 Å². The lowest BCUT2D eigenvalue weighted by Crippen LogP contribution is -2.37. The molecule has 1 atom stereocenters. The lowest BCUT2D eigenvalue weighted by molar-refractivity contribution is -0.274. The predicted octanol–water partition coefficient (Wildman–Crippen LogP) is 4.49. The molecule has 0 aromatic heterocycles. The Balaban J connectivity index is 1.64. The molecular formula is C25H24F3NO7S. The summed E-state index contributed by atoms with van der Waals surface area (Å²) in [4.78, 5) is 11.1. The van der Waals surface area contributed by atoms with Crippen molar-refractivity contribution in [3.05, 3.63) is 83.9 Å². The molecule has 1 unspecified atom stereocenters. The molecule has 1 amide bonds. The molecule has 0 bridgehead atoms. The number of carbonyl (C=O) groups excluding carboxylic acids is 1. The molecule has 0 spiro atoms. The molecule has 0 saturated carbocycles. The highest BCUT2D eigenvalue weighted by molar-refractivity contribution is 7.91. The maximum Gasteiger partial charge on any atom is 0.573 e. The van der Waals surface area contributed by atoms with E-state index in [1.54, 1.807) is 24.3 Å². The number of aliphatic hydroxyl groups is 1. The summed E-state index contributed by atoms with van der Waals surface area (Å²) in [6.07, 6.45) is -4.11. The van der Waals surface area contributed by atoms with Gasteiger partial charge in [-0.05, 0) is 72.5 Å². The minimum Gasteiger partial charge on any atom is -0.457 e. The molecule has 0 heterocycles. The SMILES string of the molecule is O=CN(O)C(CCc1ccc(CO)cc1)CS(=O)(=O)c1ccc(Oc2ccc(OC(F)(F)F)cc2)cc1. The summed E-state index contributed by atoms with van der Waals surface area (Å²) in [7, 11) is -3.91. The highest BCUT2D eigenvalue weighted by Gasteiger charge is 2.31. The molecule has 198 valence electrons. The van der Waals surface area contributed by atoms with E-state index in [0.29, 0.717) is 11.5 Å². The third-order valence-corrected chi connectivity index (χ3v) is 7.16. The van der Waals surface area contributed by atoms with Crippen LogP contribution in [-0.2, 0) is 27.7 Å². The first kappa shape index (κ1) is 28.0. The number of halogens is 3. The number of hydrogen-bond donors (Lipinski definition) is 2. The normalized spacial score (nSPS) is 12.6. The van der Waals surface area contributed by atoms with Gasteiger partial charge in [0.15, 0.2) is 9.84 Å². The van der Waals surface area contributed by atoms with E-state index >= 15 is 0 Å². The van der Waals surface area contributed by atoms with Gasteiger partial charge < -0.3 is 14.6 Å². The van der Waals surface area contributed by atoms with Crippen LogP contribution in [0.15, 0.2) is 77.7 Å². The molecule has 12 heteroatoms. The number of aliphatic hydroxyl groups excluding tert-OH is 1. The first-order valence-corrected chi connectivity index (χ1v) is 12.6. The molecule has 0 saturated heterocycles. The van der Waals surface area contributed by atoms with Gasteiger partial charge in [0.05, 0.1) is 23.3 Å². The summed E-state index contributed by atoms with van der Waals surface area (Å²) < 4.78 is 72.0. The zero-order valence-electron chi connectivity index (χ0n) is 19.3. The van der Waals surface area contributed by atoms with Gasteiger partial charge in [-0.2, -0.15) is 0 Å². The Kier molecular flexibility index (Phi) is 9.14. The highest BCUT2D eigenvalue weighted by Crippen LogP contribution is 2.28. The van der Waals surface area contributed by atoms with Crippen LogP contribution in [0.2, 0.25) is 0 Å². The van der Waals surface area contributed by atoms with E-state index in [1.807, 2.05) is 0 Å². The highest BCUT2D eigenvalue weighted by atomic mass is 32.2. The molecule has 0 radical (unpaired) electrons. The van der Waals surface area contributed by atoms with Gasteiger partial charge in [0.2, 0.25) is 6.41 Å². The first-order chi connectivity index (χ1) is 17.5. The second-order valence-corrected chi connectivity index (χ2v) is 10.1. The first-order valence-electron chi connectivity index (χ1n) is 11.0. The van der Waals surface area contributed by atoms with Crippen molar-refractivity contribution in [2.24, 2.45) is 0 Å². The second-order valence-electron chi connectivity index (χ2n) is 8.03. The van der Waals surface area contributed by atoms with Crippen molar-refractivity contribution < 1.29 is 46.2 Å². The number of sulfone groups is 1. The van der Waals surface area contributed by atoms with Crippen molar-refractivity contribution in [2.45, 2.75) is 36.7 Å². The zero-order valence-corrected chi connectivity index (χ0v) is 20.2. The number of hydroxylamine groups is 2. The average molecular weight is 540 g/mol. The predicted molar refractivity (Wildman–Crippen MR) is 126 cm³/mol. The van der Waals surface area contributed by atoms with Crippen LogP contribution >= 0.6 is 0 Å². The summed E-state index contributed by atoms with van der Waals surface area (Å²) in [5, 5.41) is 19.4. The Bertz CT molecular complexity index is 1260. The van der Waals surface area contributed by atoms with Crippen LogP contribution in [0.1, 0.15) is 17.5 Å². The molecule has 3 aromatic carbocycles. The van der Waals surface area contributed by atoms with Gasteiger partial charge in [0.25, 0.3) is 0 Å². The lowest BCUT2D eigenvalue weighted by Gasteiger charge is -2.22. The summed E-state index contributed by atoms with van der Waals surface area (Å²) in [6, 6.07) is 16.0. The fourth-order valence-electron chi connectivity index (χ4n) is 3.43. The number of nitrogens with zero attached hydrogens (tertiary/aromatic N) is 1. The van der Waals surface area contributed by atoms with E-state index in [9.17, 15) is 31.6 Å². The molecule has 2 N–H and O–H groups in total. The van der Waals surface area contributed by atoms with E-state index < -0.39 is 33.7 Å². The molecule has 3 aromatic rings. The van der Waals surface area contributed by atoms with Gasteiger partial charge in [0.1, 0.15) is 17.2 Å². The van der Waals surface area contributed by atoms with Crippen LogP contribution in [-0.4, -0.2) is 48.4 Å². The van der Waals surface area contributed by atoms with Crippen LogP contribution in [0, 0.1) is 0 Å². The van der Waals surface area contributed by atoms with Crippen molar-refractivity contribution in [3.8, 4) is 17.2 Å². The Labute approximate surface area is 211 Å². The van der Waals surface area contributed by atoms with Gasteiger partial charge >= 0.3 is 6.36 Å². The monoisotopic (exact) mass is 539 g/mol. The molecule has 0 aliphatic heterocycles. The average Bonchev–Trinajstić information content (AvgIpc) is 2.87. The number of benzene rings is 3. The van der Waals surface area contributed by atoms with Crippen LogP contribution in [0.25, 0.3) is 0 Å². The smallest absolute Gasteiger partial charge is 0.457 e. The van der Waals surface area contributed by atoms with E-state index in [4.69, 9.17) is 9.84 Å². The fourth-order valence-corrected chi connectivity index (χ4v) is 5.00. The minimum absolute atomic E-state index is 0.0645. The molecule has 3 rings (SSSR count). The fraction of sp³-hybridized carbons (Fsp3) is 0.240. The van der Waals surface area contributed by atoms with Crippen molar-refractivity contribution in [1.29, 1.82) is 0 Å². The maximum atomic E-state index is 13.0. The van der Waals surface area contributed by atoms with Crippen LogP contribution in [0.5, 0.6) is 17.2 Å². The Hall–Kier alpha value is -3.61. The van der Waals surface area contributed by atoms with Gasteiger partial charge in [-0.25, -0.2) is 13.5 Å². The van der Waals surface area contributed by atoms with Crippen LogP contribution in [0.3, 0.4) is 0 Å². The molecule has 0 fully saturated rings. The standard InChI is InChI=1S/C25H24F3NO7S/c26-25(27,28)36-23-9-7-21(8-10-23)35-22-11-13-24(14-12-22)37(33,34)16-20(29(32)17-31)6-5-18-1-3-19(15-30)4-2-18/h1-4,7-14,17,20,30,32H,5-6,15-16H2. The summed E-state index contributed by atoms with van der Waals surface area (Å²) >= 11 is 0. The third kappa shape index (κ3) is 8.48. The van der Waals surface area contributed by atoms with Gasteiger partial charge in [-0.3, -0.25) is 10.0 Å². The van der Waals surface area contributed by atoms with E-state index in [0.717, 1.165) is 23.3 Å². The zero-order chi connectivity index (χ0) is 27.1. The summed E-state index contributed by atoms with van der Waals surface area (Å²) in [5.41, 5.74) is 1.57. The maximum absolute atomic E-state index is 13.0. The summed E-state index contributed by atoms with van der Waals surface area (Å²) in [6.45, 7) is -0.107. The minimum atomic E-state index is -4.81. The van der Waals surface area contributed by atoms with E-state index in [-0.39, 0.29) is 35.8 Å². The molecular weight excluding hydrogens is 515 g/mol. The largest absolute Gasteiger partial charge is 0.573 e. The van der Waals surface area contributed by atoms with Crippen molar-refractivity contribution in [3.63, 3.8) is 0 Å². The van der Waals surface area contributed by atoms with E-state index in [2.05, 4.69) is 4.74 Å². The van der Waals surface area contributed by atoms with Gasteiger partial charge in [0, 0.05) is 0 Å². The van der Waals surface area contributed by atoms with Gasteiger partial charge in [-0.15, -0.1) is 13.2 Å². The van der Waals surface area contributed by atoms with Crippen LogP contribution < -0.4 is 9.47 Å².